The van der Waals surface area contributed by atoms with Gasteiger partial charge in [0.2, 0.25) is 10.0 Å². The average Bonchev–Trinajstić information content (AvgIpc) is 2.50. The molecule has 0 fully saturated rings. The molecule has 0 aromatic heterocycles. The molecular formula is C15H34N4O2S. The van der Waals surface area contributed by atoms with Crippen LogP contribution >= 0.6 is 0 Å². The molecule has 0 saturated carbocycles. The van der Waals surface area contributed by atoms with Crippen LogP contribution in [0, 0.1) is 0 Å². The molecule has 0 aliphatic carbocycles. The summed E-state index contributed by atoms with van der Waals surface area (Å²) in [5, 5.41) is 3.10. The minimum Gasteiger partial charge on any atom is -0.370 e. The molecule has 0 spiro atoms. The first-order valence-corrected chi connectivity index (χ1v) is 10.0. The van der Waals surface area contributed by atoms with Crippen LogP contribution in [-0.4, -0.2) is 51.1 Å². The maximum absolute atomic E-state index is 11.5. The molecule has 7 heteroatoms. The van der Waals surface area contributed by atoms with E-state index in [2.05, 4.69) is 17.2 Å². The largest absolute Gasteiger partial charge is 0.370 e. The van der Waals surface area contributed by atoms with Gasteiger partial charge in [0.05, 0.1) is 5.75 Å². The minimum atomic E-state index is -3.09. The second-order valence-electron chi connectivity index (χ2n) is 5.54. The number of nitrogens with one attached hydrogen (secondary N) is 1. The lowest BCUT2D eigenvalue weighted by Crippen LogP contribution is -2.33. The SMILES string of the molecule is CCCCCCCCNC(N)=NCCCN(C)S(=O)(=O)CC. The number of nitrogens with two attached hydrogens (primary N) is 1. The summed E-state index contributed by atoms with van der Waals surface area (Å²) in [6, 6.07) is 0. The van der Waals surface area contributed by atoms with Gasteiger partial charge in [-0.15, -0.1) is 0 Å². The number of rotatable bonds is 13. The molecule has 0 saturated heterocycles. The summed E-state index contributed by atoms with van der Waals surface area (Å²) in [5.41, 5.74) is 5.77. The summed E-state index contributed by atoms with van der Waals surface area (Å²) in [6.45, 7) is 5.73. The number of hydrogen-bond donors (Lipinski definition) is 2. The summed E-state index contributed by atoms with van der Waals surface area (Å²) < 4.78 is 24.5. The highest BCUT2D eigenvalue weighted by atomic mass is 32.2. The second kappa shape index (κ2) is 12.7. The van der Waals surface area contributed by atoms with Crippen LogP contribution in [0.5, 0.6) is 0 Å². The Hall–Kier alpha value is -0.820. The number of nitrogens with zero attached hydrogens (tertiary/aromatic N) is 2. The highest BCUT2D eigenvalue weighted by molar-refractivity contribution is 7.89. The Kier molecular flexibility index (Phi) is 12.2. The first-order chi connectivity index (χ1) is 10.4. The van der Waals surface area contributed by atoms with E-state index in [1.165, 1.54) is 36.4 Å². The van der Waals surface area contributed by atoms with E-state index in [9.17, 15) is 8.42 Å². The third-order valence-corrected chi connectivity index (χ3v) is 5.45. The van der Waals surface area contributed by atoms with E-state index in [0.717, 1.165) is 13.0 Å². The van der Waals surface area contributed by atoms with Crippen LogP contribution in [0.3, 0.4) is 0 Å². The summed E-state index contributed by atoms with van der Waals surface area (Å²) in [4.78, 5) is 4.21. The molecule has 6 nitrogen and oxygen atoms in total. The van der Waals surface area contributed by atoms with Crippen molar-refractivity contribution in [1.29, 1.82) is 0 Å². The van der Waals surface area contributed by atoms with Crippen LogP contribution in [0.15, 0.2) is 4.99 Å². The van der Waals surface area contributed by atoms with Crippen molar-refractivity contribution in [3.05, 3.63) is 0 Å². The fourth-order valence-electron chi connectivity index (χ4n) is 2.03. The molecule has 0 aliphatic rings. The molecule has 0 bridgehead atoms. The minimum absolute atomic E-state index is 0.134. The zero-order valence-electron chi connectivity index (χ0n) is 14.5. The second-order valence-corrected chi connectivity index (χ2v) is 7.90. The molecule has 0 heterocycles. The van der Waals surface area contributed by atoms with Crippen molar-refractivity contribution < 1.29 is 8.42 Å². The highest BCUT2D eigenvalue weighted by Crippen LogP contribution is 2.04. The van der Waals surface area contributed by atoms with E-state index in [1.807, 2.05) is 0 Å². The first kappa shape index (κ1) is 21.2. The van der Waals surface area contributed by atoms with Crippen molar-refractivity contribution in [1.82, 2.24) is 9.62 Å². The van der Waals surface area contributed by atoms with Crippen molar-refractivity contribution in [2.75, 3.05) is 32.4 Å². The molecule has 0 radical (unpaired) electrons. The fourth-order valence-corrected chi connectivity index (χ4v) is 2.88. The van der Waals surface area contributed by atoms with Gasteiger partial charge in [-0.1, -0.05) is 39.0 Å². The van der Waals surface area contributed by atoms with Crippen molar-refractivity contribution in [3.63, 3.8) is 0 Å². The van der Waals surface area contributed by atoms with E-state index in [0.29, 0.717) is 25.5 Å². The third-order valence-electron chi connectivity index (χ3n) is 3.59. The molecule has 3 N–H and O–H groups in total. The number of unbranched alkanes of at least 4 members (excludes halogenated alkanes) is 5. The first-order valence-electron chi connectivity index (χ1n) is 8.41. The maximum Gasteiger partial charge on any atom is 0.213 e. The zero-order valence-corrected chi connectivity index (χ0v) is 15.3. The predicted octanol–water partition coefficient (Wildman–Crippen LogP) is 1.92. The van der Waals surface area contributed by atoms with Crippen LogP contribution in [0.1, 0.15) is 58.8 Å². The van der Waals surface area contributed by atoms with Gasteiger partial charge >= 0.3 is 0 Å². The van der Waals surface area contributed by atoms with Gasteiger partial charge in [-0.2, -0.15) is 0 Å². The van der Waals surface area contributed by atoms with Crippen LogP contribution < -0.4 is 11.1 Å². The van der Waals surface area contributed by atoms with Gasteiger partial charge in [0.15, 0.2) is 5.96 Å². The van der Waals surface area contributed by atoms with Crippen molar-refractivity contribution in [2.24, 2.45) is 10.7 Å². The third kappa shape index (κ3) is 10.8. The fraction of sp³-hybridized carbons (Fsp3) is 0.933. The molecule has 0 aliphatic heterocycles. The summed E-state index contributed by atoms with van der Waals surface area (Å²) in [7, 11) is -1.49. The van der Waals surface area contributed by atoms with Gasteiger partial charge in [-0.05, 0) is 19.8 Å². The Morgan fingerprint density at radius 2 is 1.73 bits per heavy atom. The zero-order chi connectivity index (χ0) is 16.8. The number of guanidine groups is 1. The van der Waals surface area contributed by atoms with Crippen molar-refractivity contribution in [2.45, 2.75) is 58.8 Å². The van der Waals surface area contributed by atoms with Gasteiger partial charge in [0, 0.05) is 26.7 Å². The lowest BCUT2D eigenvalue weighted by atomic mass is 10.1. The van der Waals surface area contributed by atoms with E-state index >= 15 is 0 Å². The van der Waals surface area contributed by atoms with Gasteiger partial charge in [-0.25, -0.2) is 12.7 Å². The Bertz CT molecular complexity index is 396. The Morgan fingerprint density at radius 1 is 1.09 bits per heavy atom. The van der Waals surface area contributed by atoms with E-state index in [-0.39, 0.29) is 5.75 Å². The monoisotopic (exact) mass is 334 g/mol. The number of sulfonamides is 1. The van der Waals surface area contributed by atoms with Crippen molar-refractivity contribution in [3.8, 4) is 0 Å². The molecule has 0 atom stereocenters. The topological polar surface area (TPSA) is 87.8 Å². The molecule has 22 heavy (non-hydrogen) atoms. The molecule has 0 rings (SSSR count). The number of aliphatic imine (C=N–C) groups is 1. The van der Waals surface area contributed by atoms with Crippen LogP contribution in [0.2, 0.25) is 0 Å². The molecule has 0 aromatic carbocycles. The van der Waals surface area contributed by atoms with Gasteiger partial charge in [0.25, 0.3) is 0 Å². The quantitative estimate of drug-likeness (QED) is 0.306. The Balaban J connectivity index is 3.65. The maximum atomic E-state index is 11.5. The van der Waals surface area contributed by atoms with Gasteiger partial charge in [-0.3, -0.25) is 4.99 Å². The molecule has 132 valence electrons. The number of hydrogen-bond acceptors (Lipinski definition) is 3. The molecule has 0 amide bonds. The molecule has 0 aromatic rings. The molecular weight excluding hydrogens is 300 g/mol. The van der Waals surface area contributed by atoms with Crippen LogP contribution in [-0.2, 0) is 10.0 Å². The van der Waals surface area contributed by atoms with Crippen LogP contribution in [0.25, 0.3) is 0 Å². The van der Waals surface area contributed by atoms with E-state index in [1.54, 1.807) is 14.0 Å². The van der Waals surface area contributed by atoms with Gasteiger partial charge in [0.1, 0.15) is 0 Å². The van der Waals surface area contributed by atoms with E-state index < -0.39 is 10.0 Å². The highest BCUT2D eigenvalue weighted by Gasteiger charge is 2.13. The Labute approximate surface area is 136 Å². The molecule has 0 unspecified atom stereocenters. The lowest BCUT2D eigenvalue weighted by molar-refractivity contribution is 0.465. The van der Waals surface area contributed by atoms with Gasteiger partial charge < -0.3 is 11.1 Å². The predicted molar refractivity (Wildman–Crippen MR) is 94.6 cm³/mol. The average molecular weight is 335 g/mol. The smallest absolute Gasteiger partial charge is 0.213 e. The standard InChI is InChI=1S/C15H34N4O2S/c1-4-6-7-8-9-10-12-17-15(16)18-13-11-14-19(3)22(20,21)5-2/h4-14H2,1-3H3,(H3,16,17,18). The van der Waals surface area contributed by atoms with Crippen molar-refractivity contribution >= 4 is 16.0 Å². The summed E-state index contributed by atoms with van der Waals surface area (Å²) >= 11 is 0. The lowest BCUT2D eigenvalue weighted by Gasteiger charge is -2.15. The summed E-state index contributed by atoms with van der Waals surface area (Å²) in [5.74, 6) is 0.587. The summed E-state index contributed by atoms with van der Waals surface area (Å²) in [6.07, 6.45) is 8.19. The van der Waals surface area contributed by atoms with Crippen LogP contribution in [0.4, 0.5) is 0 Å². The normalized spacial score (nSPS) is 12.8. The Morgan fingerprint density at radius 3 is 2.36 bits per heavy atom. The van der Waals surface area contributed by atoms with E-state index in [4.69, 9.17) is 5.73 Å².